The van der Waals surface area contributed by atoms with Crippen molar-refractivity contribution in [2.45, 2.75) is 66.7 Å². The van der Waals surface area contributed by atoms with Crippen LogP contribution in [0.5, 0.6) is 0 Å². The average Bonchev–Trinajstić information content (AvgIpc) is 2.14. The number of hydrogen-bond acceptors (Lipinski definition) is 1. The number of rotatable bonds is 8. The van der Waals surface area contributed by atoms with Crippen LogP contribution in [0.1, 0.15) is 66.7 Å². The van der Waals surface area contributed by atoms with Crippen molar-refractivity contribution in [3.63, 3.8) is 0 Å². The Kier molecular flexibility index (Phi) is 8.23. The minimum absolute atomic E-state index is 0.443. The second-order valence-electron chi connectivity index (χ2n) is 5.64. The Morgan fingerprint density at radius 3 is 2.25 bits per heavy atom. The van der Waals surface area contributed by atoms with E-state index in [9.17, 15) is 4.79 Å². The molecule has 0 saturated carbocycles. The molecular weight excluding hydrogens is 196 g/mol. The summed E-state index contributed by atoms with van der Waals surface area (Å²) in [6.45, 7) is 10.8. The summed E-state index contributed by atoms with van der Waals surface area (Å²) in [6.07, 6.45) is 7.09. The standard InChI is InChI=1S/C15H28O/c1-12(2)7-6-8-14(5)11-15(16)10-9-13(3)4/h7,13-14H,6,8-11H2,1-5H3/t14-/m0/s1. The van der Waals surface area contributed by atoms with Crippen molar-refractivity contribution in [2.75, 3.05) is 0 Å². The Morgan fingerprint density at radius 2 is 1.75 bits per heavy atom. The van der Waals surface area contributed by atoms with Gasteiger partial charge in [0.15, 0.2) is 0 Å². The lowest BCUT2D eigenvalue weighted by atomic mass is 9.95. The lowest BCUT2D eigenvalue weighted by Gasteiger charge is -2.10. The quantitative estimate of drug-likeness (QED) is 0.543. The van der Waals surface area contributed by atoms with Gasteiger partial charge in [0.25, 0.3) is 0 Å². The molecule has 0 aliphatic heterocycles. The molecule has 0 aromatic heterocycles. The van der Waals surface area contributed by atoms with E-state index in [-0.39, 0.29) is 0 Å². The van der Waals surface area contributed by atoms with E-state index in [1.165, 1.54) is 5.57 Å². The molecule has 0 rings (SSSR count). The summed E-state index contributed by atoms with van der Waals surface area (Å²) in [5, 5.41) is 0. The molecule has 0 radical (unpaired) electrons. The summed E-state index contributed by atoms with van der Waals surface area (Å²) in [5.41, 5.74) is 1.37. The Balaban J connectivity index is 3.66. The fourth-order valence-corrected chi connectivity index (χ4v) is 1.70. The number of ketones is 1. The zero-order valence-electron chi connectivity index (χ0n) is 11.7. The van der Waals surface area contributed by atoms with Gasteiger partial charge in [-0.2, -0.15) is 0 Å². The van der Waals surface area contributed by atoms with Crippen LogP contribution in [-0.2, 0) is 4.79 Å². The van der Waals surface area contributed by atoms with Crippen molar-refractivity contribution < 1.29 is 4.79 Å². The lowest BCUT2D eigenvalue weighted by molar-refractivity contribution is -0.120. The first-order valence-electron chi connectivity index (χ1n) is 6.56. The molecule has 0 aromatic rings. The predicted molar refractivity (Wildman–Crippen MR) is 71.5 cm³/mol. The normalized spacial score (nSPS) is 12.6. The topological polar surface area (TPSA) is 17.1 Å². The highest BCUT2D eigenvalue weighted by Crippen LogP contribution is 2.15. The van der Waals surface area contributed by atoms with Gasteiger partial charge in [-0.15, -0.1) is 0 Å². The first kappa shape index (κ1) is 15.4. The fourth-order valence-electron chi connectivity index (χ4n) is 1.70. The molecule has 1 nitrogen and oxygen atoms in total. The first-order valence-corrected chi connectivity index (χ1v) is 6.56. The van der Waals surface area contributed by atoms with Gasteiger partial charge in [-0.25, -0.2) is 0 Å². The van der Waals surface area contributed by atoms with Crippen LogP contribution < -0.4 is 0 Å². The molecule has 16 heavy (non-hydrogen) atoms. The zero-order valence-corrected chi connectivity index (χ0v) is 11.7. The highest BCUT2D eigenvalue weighted by molar-refractivity contribution is 5.78. The van der Waals surface area contributed by atoms with Gasteiger partial charge in [0, 0.05) is 12.8 Å². The maximum Gasteiger partial charge on any atom is 0.133 e. The third kappa shape index (κ3) is 9.95. The van der Waals surface area contributed by atoms with Crippen LogP contribution in [-0.4, -0.2) is 5.78 Å². The molecule has 0 unspecified atom stereocenters. The maximum atomic E-state index is 11.6. The van der Waals surface area contributed by atoms with Crippen molar-refractivity contribution in [1.82, 2.24) is 0 Å². The Hall–Kier alpha value is -0.590. The summed E-state index contributed by atoms with van der Waals surface area (Å²) in [4.78, 5) is 11.6. The summed E-state index contributed by atoms with van der Waals surface area (Å²) in [7, 11) is 0. The largest absolute Gasteiger partial charge is 0.300 e. The van der Waals surface area contributed by atoms with E-state index >= 15 is 0 Å². The van der Waals surface area contributed by atoms with E-state index in [0.717, 1.165) is 32.1 Å². The fraction of sp³-hybridized carbons (Fsp3) is 0.800. The molecule has 0 aliphatic carbocycles. The van der Waals surface area contributed by atoms with Gasteiger partial charge >= 0.3 is 0 Å². The average molecular weight is 224 g/mol. The van der Waals surface area contributed by atoms with Crippen LogP contribution in [0, 0.1) is 11.8 Å². The highest BCUT2D eigenvalue weighted by atomic mass is 16.1. The second kappa shape index (κ2) is 8.55. The number of carbonyl (C=O) groups excluding carboxylic acids is 1. The molecule has 0 aromatic carbocycles. The Morgan fingerprint density at radius 1 is 1.12 bits per heavy atom. The van der Waals surface area contributed by atoms with Crippen LogP contribution in [0.3, 0.4) is 0 Å². The van der Waals surface area contributed by atoms with Crippen LogP contribution in [0.4, 0.5) is 0 Å². The van der Waals surface area contributed by atoms with Crippen molar-refractivity contribution in [1.29, 1.82) is 0 Å². The summed E-state index contributed by atoms with van der Waals surface area (Å²) < 4.78 is 0. The van der Waals surface area contributed by atoms with Gasteiger partial charge < -0.3 is 0 Å². The highest BCUT2D eigenvalue weighted by Gasteiger charge is 2.09. The molecule has 0 amide bonds. The number of Topliss-reactive ketones (excluding diaryl/α,β-unsaturated/α-hetero) is 1. The van der Waals surface area contributed by atoms with E-state index in [1.807, 2.05) is 0 Å². The minimum atomic E-state index is 0.443. The van der Waals surface area contributed by atoms with Crippen LogP contribution >= 0.6 is 0 Å². The first-order chi connectivity index (χ1) is 7.41. The molecule has 0 heterocycles. The van der Waals surface area contributed by atoms with Crippen molar-refractivity contribution in [3.8, 4) is 0 Å². The van der Waals surface area contributed by atoms with Crippen molar-refractivity contribution >= 4 is 5.78 Å². The number of allylic oxidation sites excluding steroid dienone is 2. The van der Waals surface area contributed by atoms with Gasteiger partial charge in [-0.1, -0.05) is 32.4 Å². The maximum absolute atomic E-state index is 11.6. The van der Waals surface area contributed by atoms with E-state index in [2.05, 4.69) is 40.7 Å². The minimum Gasteiger partial charge on any atom is -0.300 e. The van der Waals surface area contributed by atoms with Crippen LogP contribution in [0.25, 0.3) is 0 Å². The van der Waals surface area contributed by atoms with Gasteiger partial charge in [0.1, 0.15) is 5.78 Å². The zero-order chi connectivity index (χ0) is 12.6. The van der Waals surface area contributed by atoms with Crippen LogP contribution in [0.15, 0.2) is 11.6 Å². The number of hydrogen-bond donors (Lipinski definition) is 0. The SMILES string of the molecule is CC(C)=CCC[C@H](C)CC(=O)CCC(C)C. The molecule has 94 valence electrons. The molecule has 0 bridgehead atoms. The Labute approximate surface area is 101 Å². The summed E-state index contributed by atoms with van der Waals surface area (Å²) in [6, 6.07) is 0. The van der Waals surface area contributed by atoms with Gasteiger partial charge in [-0.05, 0) is 44.9 Å². The molecule has 1 atom stereocenters. The number of carbonyl (C=O) groups is 1. The van der Waals surface area contributed by atoms with Gasteiger partial charge in [-0.3, -0.25) is 4.79 Å². The second-order valence-corrected chi connectivity index (χ2v) is 5.64. The summed E-state index contributed by atoms with van der Waals surface area (Å²) in [5.74, 6) is 1.62. The monoisotopic (exact) mass is 224 g/mol. The molecule has 0 saturated heterocycles. The molecule has 0 N–H and O–H groups in total. The smallest absolute Gasteiger partial charge is 0.133 e. The third-order valence-corrected chi connectivity index (χ3v) is 2.79. The van der Waals surface area contributed by atoms with Gasteiger partial charge in [0.2, 0.25) is 0 Å². The molecular formula is C15H28O. The van der Waals surface area contributed by atoms with Crippen molar-refractivity contribution in [2.24, 2.45) is 11.8 Å². The van der Waals surface area contributed by atoms with E-state index in [0.29, 0.717) is 17.6 Å². The van der Waals surface area contributed by atoms with Gasteiger partial charge in [0.05, 0.1) is 0 Å². The molecule has 0 aliphatic rings. The predicted octanol–water partition coefficient (Wildman–Crippen LogP) is 4.76. The third-order valence-electron chi connectivity index (χ3n) is 2.79. The van der Waals surface area contributed by atoms with Crippen LogP contribution in [0.2, 0.25) is 0 Å². The summed E-state index contributed by atoms with van der Waals surface area (Å²) >= 11 is 0. The molecule has 0 spiro atoms. The Bertz CT molecular complexity index is 222. The van der Waals surface area contributed by atoms with E-state index in [4.69, 9.17) is 0 Å². The molecule has 1 heteroatoms. The lowest BCUT2D eigenvalue weighted by Crippen LogP contribution is -2.06. The van der Waals surface area contributed by atoms with E-state index in [1.54, 1.807) is 0 Å². The molecule has 0 fully saturated rings. The van der Waals surface area contributed by atoms with E-state index < -0.39 is 0 Å². The van der Waals surface area contributed by atoms with Crippen molar-refractivity contribution in [3.05, 3.63) is 11.6 Å².